The molecule has 2 rings (SSSR count). The molecule has 4 heteroatoms. The van der Waals surface area contributed by atoms with Gasteiger partial charge in [0.25, 0.3) is 0 Å². The summed E-state index contributed by atoms with van der Waals surface area (Å²) in [7, 11) is 0. The fourth-order valence-corrected chi connectivity index (χ4v) is 2.61. The Labute approximate surface area is 106 Å². The zero-order chi connectivity index (χ0) is 12.4. The van der Waals surface area contributed by atoms with Crippen LogP contribution in [0.25, 0.3) is 0 Å². The first-order valence-corrected chi connectivity index (χ1v) is 6.38. The lowest BCUT2D eigenvalue weighted by Crippen LogP contribution is -2.14. The summed E-state index contributed by atoms with van der Waals surface area (Å²) in [6.45, 7) is 0.238. The van der Waals surface area contributed by atoms with E-state index >= 15 is 0 Å². The number of rotatable bonds is 3. The van der Waals surface area contributed by atoms with E-state index in [1.165, 1.54) is 0 Å². The maximum absolute atomic E-state index is 11.8. The summed E-state index contributed by atoms with van der Waals surface area (Å²) < 4.78 is 0. The number of carbonyl (C=O) groups is 1. The number of nitrogens with two attached hydrogens (primary N) is 1. The molecule has 0 aromatic heterocycles. The molecule has 0 amide bonds. The number of aromatic hydroxyl groups is 1. The number of carbonyl (C=O) groups excluding carboxylic acids is 1. The van der Waals surface area contributed by atoms with Crippen LogP contribution in [0, 0.1) is 0 Å². The minimum atomic E-state index is -0.211. The summed E-state index contributed by atoms with van der Waals surface area (Å²) in [6.07, 6.45) is 3.96. The predicted molar refractivity (Wildman–Crippen MR) is 67.7 cm³/mol. The van der Waals surface area contributed by atoms with Crippen molar-refractivity contribution in [1.82, 2.24) is 0 Å². The summed E-state index contributed by atoms with van der Waals surface area (Å²) in [5.41, 5.74) is 8.74. The summed E-state index contributed by atoms with van der Waals surface area (Å²) in [5.74, 6) is -0.287. The second-order valence-corrected chi connectivity index (χ2v) is 4.63. The van der Waals surface area contributed by atoms with E-state index in [1.54, 1.807) is 0 Å². The number of fused-ring (bicyclic) bond motifs is 1. The number of hydrogen-bond donors (Lipinski definition) is 2. The summed E-state index contributed by atoms with van der Waals surface area (Å²) in [5, 5.41) is 10.1. The van der Waals surface area contributed by atoms with Gasteiger partial charge in [0.1, 0.15) is 5.75 Å². The van der Waals surface area contributed by atoms with Gasteiger partial charge in [-0.2, -0.15) is 0 Å². The van der Waals surface area contributed by atoms with Crippen molar-refractivity contribution in [3.05, 3.63) is 28.3 Å². The first-order valence-electron chi connectivity index (χ1n) is 5.84. The number of Topliss-reactive ketones (excluding diaryl/α,β-unsaturated/α-hetero) is 1. The molecule has 17 heavy (non-hydrogen) atoms. The lowest BCUT2D eigenvalue weighted by atomic mass is 9.85. The average molecular weight is 254 g/mol. The third-order valence-corrected chi connectivity index (χ3v) is 3.56. The van der Waals surface area contributed by atoms with Gasteiger partial charge in [0, 0.05) is 12.1 Å². The van der Waals surface area contributed by atoms with Gasteiger partial charge in [-0.1, -0.05) is 6.07 Å². The Hall–Kier alpha value is -1.06. The summed E-state index contributed by atoms with van der Waals surface area (Å²) in [4.78, 5) is 11.8. The van der Waals surface area contributed by atoms with Crippen molar-refractivity contribution in [3.63, 3.8) is 0 Å². The van der Waals surface area contributed by atoms with Crippen molar-refractivity contribution in [3.8, 4) is 5.75 Å². The van der Waals surface area contributed by atoms with Crippen LogP contribution in [0.5, 0.6) is 5.75 Å². The summed E-state index contributed by atoms with van der Waals surface area (Å²) >= 11 is 5.60. The molecule has 0 radical (unpaired) electrons. The smallest absolute Gasteiger partial charge is 0.181 e. The topological polar surface area (TPSA) is 63.3 Å². The number of phenols is 1. The Morgan fingerprint density at radius 2 is 2.12 bits per heavy atom. The molecule has 0 fully saturated rings. The maximum Gasteiger partial charge on any atom is 0.181 e. The van der Waals surface area contributed by atoms with Crippen LogP contribution in [0.15, 0.2) is 6.07 Å². The quantitative estimate of drug-likeness (QED) is 0.641. The van der Waals surface area contributed by atoms with Crippen LogP contribution in [0.2, 0.25) is 0 Å². The molecular formula is C13H16ClNO2. The molecule has 1 aromatic rings. The Morgan fingerprint density at radius 3 is 2.76 bits per heavy atom. The van der Waals surface area contributed by atoms with Crippen molar-refractivity contribution >= 4 is 17.4 Å². The van der Waals surface area contributed by atoms with E-state index in [9.17, 15) is 9.90 Å². The van der Waals surface area contributed by atoms with Gasteiger partial charge in [-0.05, 0) is 36.8 Å². The van der Waals surface area contributed by atoms with Gasteiger partial charge < -0.3 is 10.8 Å². The molecule has 0 heterocycles. The van der Waals surface area contributed by atoms with Crippen molar-refractivity contribution in [2.24, 2.45) is 5.73 Å². The second kappa shape index (κ2) is 5.07. The Balaban J connectivity index is 2.63. The van der Waals surface area contributed by atoms with Gasteiger partial charge >= 0.3 is 0 Å². The first-order chi connectivity index (χ1) is 8.19. The van der Waals surface area contributed by atoms with Crippen molar-refractivity contribution < 1.29 is 9.90 Å². The fourth-order valence-electron chi connectivity index (χ4n) is 2.48. The van der Waals surface area contributed by atoms with Gasteiger partial charge in [-0.15, -0.1) is 11.6 Å². The van der Waals surface area contributed by atoms with Crippen LogP contribution in [-0.2, 0) is 19.4 Å². The zero-order valence-corrected chi connectivity index (χ0v) is 10.4. The minimum absolute atomic E-state index is 0.0267. The van der Waals surface area contributed by atoms with E-state index in [-0.39, 0.29) is 24.0 Å². The molecule has 0 unspecified atom stereocenters. The maximum atomic E-state index is 11.8. The Bertz CT molecular complexity index is 457. The largest absolute Gasteiger partial charge is 0.507 e. The van der Waals surface area contributed by atoms with Gasteiger partial charge in [0.2, 0.25) is 0 Å². The number of alkyl halides is 1. The Kier molecular flexibility index (Phi) is 3.69. The molecular weight excluding hydrogens is 238 g/mol. The van der Waals surface area contributed by atoms with E-state index < -0.39 is 0 Å². The van der Waals surface area contributed by atoms with Crippen LogP contribution in [-0.4, -0.2) is 16.8 Å². The highest BCUT2D eigenvalue weighted by atomic mass is 35.5. The van der Waals surface area contributed by atoms with E-state index in [4.69, 9.17) is 17.3 Å². The second-order valence-electron chi connectivity index (χ2n) is 4.37. The monoisotopic (exact) mass is 253 g/mol. The predicted octanol–water partition coefficient (Wildman–Crippen LogP) is 2.15. The van der Waals surface area contributed by atoms with Crippen LogP contribution >= 0.6 is 11.6 Å². The fraction of sp³-hybridized carbons (Fsp3) is 0.462. The molecule has 0 atom stereocenters. The van der Waals surface area contributed by atoms with Crippen molar-refractivity contribution in [2.45, 2.75) is 32.2 Å². The molecule has 0 spiro atoms. The average Bonchev–Trinajstić information content (AvgIpc) is 2.37. The standard InChI is InChI=1S/C13H16ClNO2/c14-6-11(16)12-10-4-2-1-3-8(10)5-9(7-15)13(12)17/h5,17H,1-4,6-7,15H2. The van der Waals surface area contributed by atoms with Crippen LogP contribution in [0.3, 0.4) is 0 Å². The SMILES string of the molecule is NCc1cc2c(c(C(=O)CCl)c1O)CCCC2. The van der Waals surface area contributed by atoms with Gasteiger partial charge in [0.15, 0.2) is 5.78 Å². The lowest BCUT2D eigenvalue weighted by Gasteiger charge is -2.21. The molecule has 0 aliphatic heterocycles. The molecule has 0 bridgehead atoms. The van der Waals surface area contributed by atoms with E-state index in [2.05, 4.69) is 0 Å². The highest BCUT2D eigenvalue weighted by Crippen LogP contribution is 2.34. The highest BCUT2D eigenvalue weighted by molar-refractivity contribution is 6.31. The summed E-state index contributed by atoms with van der Waals surface area (Å²) in [6, 6.07) is 1.93. The number of hydrogen-bond acceptors (Lipinski definition) is 3. The van der Waals surface area contributed by atoms with Crippen molar-refractivity contribution in [1.29, 1.82) is 0 Å². The van der Waals surface area contributed by atoms with Crippen LogP contribution in [0.4, 0.5) is 0 Å². The third-order valence-electron chi connectivity index (χ3n) is 3.32. The van der Waals surface area contributed by atoms with Crippen molar-refractivity contribution in [2.75, 3.05) is 5.88 Å². The van der Waals surface area contributed by atoms with E-state index in [1.807, 2.05) is 6.07 Å². The zero-order valence-electron chi connectivity index (χ0n) is 9.63. The molecule has 0 saturated heterocycles. The molecule has 3 nitrogen and oxygen atoms in total. The van der Waals surface area contributed by atoms with Gasteiger partial charge in [0.05, 0.1) is 11.4 Å². The first kappa shape index (κ1) is 12.4. The van der Waals surface area contributed by atoms with E-state index in [0.717, 1.165) is 36.8 Å². The van der Waals surface area contributed by atoms with Crippen LogP contribution in [0.1, 0.15) is 39.9 Å². The number of benzene rings is 1. The van der Waals surface area contributed by atoms with Crippen LogP contribution < -0.4 is 5.73 Å². The number of halogens is 1. The van der Waals surface area contributed by atoms with Gasteiger partial charge in [-0.25, -0.2) is 0 Å². The third kappa shape index (κ3) is 2.17. The number of aryl methyl sites for hydroxylation is 1. The molecule has 1 aliphatic carbocycles. The normalized spacial score (nSPS) is 14.5. The minimum Gasteiger partial charge on any atom is -0.507 e. The number of ketones is 1. The van der Waals surface area contributed by atoms with Gasteiger partial charge in [-0.3, -0.25) is 4.79 Å². The highest BCUT2D eigenvalue weighted by Gasteiger charge is 2.23. The molecule has 3 N–H and O–H groups in total. The molecule has 92 valence electrons. The number of phenolic OH excluding ortho intramolecular Hbond substituents is 1. The Morgan fingerprint density at radius 1 is 1.41 bits per heavy atom. The lowest BCUT2D eigenvalue weighted by molar-refractivity contribution is 0.101. The molecule has 0 saturated carbocycles. The molecule has 1 aliphatic rings. The van der Waals surface area contributed by atoms with E-state index in [0.29, 0.717) is 11.1 Å². The molecule has 1 aromatic carbocycles.